The predicted octanol–water partition coefficient (Wildman–Crippen LogP) is 2.97. The number of aromatic nitrogens is 3. The number of nitrogens with two attached hydrogens (primary N) is 1. The summed E-state index contributed by atoms with van der Waals surface area (Å²) in [5.41, 5.74) is 8.86. The van der Waals surface area contributed by atoms with Crippen molar-refractivity contribution in [2.45, 2.75) is 0 Å². The molecule has 1 aromatic carbocycles. The highest BCUT2D eigenvalue weighted by atomic mass is 35.5. The van der Waals surface area contributed by atoms with Crippen molar-refractivity contribution in [1.29, 1.82) is 0 Å². The fourth-order valence-corrected chi connectivity index (χ4v) is 1.99. The molecular weight excluding hydrogens is 252 g/mol. The standard InChI is InChI=1S/C12H9ClN4O/c13-9-3-1-2-7(4-9)10-11(17-18-12(10)14)8-5-15-16-6-8/h1-6H,14H2,(H,15,16). The number of aromatic amines is 1. The van der Waals surface area contributed by atoms with Crippen molar-refractivity contribution in [2.24, 2.45) is 0 Å². The lowest BCUT2D eigenvalue weighted by atomic mass is 10.0. The summed E-state index contributed by atoms with van der Waals surface area (Å²) in [6, 6.07) is 7.36. The molecule has 0 saturated carbocycles. The van der Waals surface area contributed by atoms with Crippen LogP contribution in [0.1, 0.15) is 0 Å². The molecule has 0 bridgehead atoms. The molecule has 0 amide bonds. The number of nitrogens with zero attached hydrogens (tertiary/aromatic N) is 2. The normalized spacial score (nSPS) is 10.7. The third-order valence-electron chi connectivity index (χ3n) is 2.60. The highest BCUT2D eigenvalue weighted by molar-refractivity contribution is 6.30. The summed E-state index contributed by atoms with van der Waals surface area (Å²) in [5, 5.41) is 11.2. The van der Waals surface area contributed by atoms with Crippen molar-refractivity contribution >= 4 is 17.5 Å². The lowest BCUT2D eigenvalue weighted by Gasteiger charge is -2.01. The van der Waals surface area contributed by atoms with Crippen molar-refractivity contribution < 1.29 is 4.52 Å². The van der Waals surface area contributed by atoms with Crippen LogP contribution in [0.3, 0.4) is 0 Å². The molecule has 6 heteroatoms. The number of hydrogen-bond donors (Lipinski definition) is 2. The first kappa shape index (κ1) is 10.9. The zero-order chi connectivity index (χ0) is 12.5. The second-order valence-electron chi connectivity index (χ2n) is 3.77. The summed E-state index contributed by atoms with van der Waals surface area (Å²) in [6.07, 6.45) is 3.39. The van der Waals surface area contributed by atoms with Gasteiger partial charge in [0.1, 0.15) is 5.69 Å². The highest BCUT2D eigenvalue weighted by Crippen LogP contribution is 2.36. The van der Waals surface area contributed by atoms with Crippen molar-refractivity contribution in [3.05, 3.63) is 41.7 Å². The van der Waals surface area contributed by atoms with Crippen molar-refractivity contribution in [3.8, 4) is 22.4 Å². The van der Waals surface area contributed by atoms with Crippen molar-refractivity contribution in [2.75, 3.05) is 5.73 Å². The molecule has 2 aromatic heterocycles. The minimum absolute atomic E-state index is 0.258. The maximum absolute atomic E-state index is 5.98. The fraction of sp³-hybridized carbons (Fsp3) is 0. The van der Waals surface area contributed by atoms with E-state index in [0.29, 0.717) is 10.7 Å². The molecule has 90 valence electrons. The molecule has 0 spiro atoms. The summed E-state index contributed by atoms with van der Waals surface area (Å²) in [4.78, 5) is 0. The molecule has 3 rings (SSSR count). The van der Waals surface area contributed by atoms with Gasteiger partial charge in [-0.05, 0) is 17.7 Å². The molecule has 0 aliphatic carbocycles. The second kappa shape index (κ2) is 4.19. The molecular formula is C12H9ClN4O. The Bertz CT molecular complexity index is 675. The van der Waals surface area contributed by atoms with Gasteiger partial charge in [-0.15, -0.1) is 0 Å². The molecule has 0 saturated heterocycles. The zero-order valence-electron chi connectivity index (χ0n) is 9.22. The van der Waals surface area contributed by atoms with Crippen LogP contribution >= 0.6 is 11.6 Å². The lowest BCUT2D eigenvalue weighted by Crippen LogP contribution is -1.87. The Morgan fingerprint density at radius 3 is 2.89 bits per heavy atom. The largest absolute Gasteiger partial charge is 0.367 e. The average Bonchev–Trinajstić information content (AvgIpc) is 2.97. The molecule has 0 fully saturated rings. The van der Waals surface area contributed by atoms with Crippen LogP contribution < -0.4 is 5.73 Å². The van der Waals surface area contributed by atoms with E-state index >= 15 is 0 Å². The number of nitrogen functional groups attached to an aromatic ring is 1. The summed E-state index contributed by atoms with van der Waals surface area (Å²) in [7, 11) is 0. The lowest BCUT2D eigenvalue weighted by molar-refractivity contribution is 0.439. The maximum Gasteiger partial charge on any atom is 0.230 e. The Kier molecular flexibility index (Phi) is 2.53. The fourth-order valence-electron chi connectivity index (χ4n) is 1.80. The van der Waals surface area contributed by atoms with E-state index in [1.807, 2.05) is 18.2 Å². The van der Waals surface area contributed by atoms with Crippen LogP contribution in [-0.4, -0.2) is 15.4 Å². The van der Waals surface area contributed by atoms with E-state index in [4.69, 9.17) is 21.9 Å². The van der Waals surface area contributed by atoms with Gasteiger partial charge in [-0.25, -0.2) is 0 Å². The van der Waals surface area contributed by atoms with Gasteiger partial charge in [-0.1, -0.05) is 28.9 Å². The molecule has 0 radical (unpaired) electrons. The molecule has 3 N–H and O–H groups in total. The van der Waals surface area contributed by atoms with Crippen molar-refractivity contribution in [1.82, 2.24) is 15.4 Å². The topological polar surface area (TPSA) is 80.7 Å². The molecule has 3 aromatic rings. The molecule has 0 aliphatic heterocycles. The Labute approximate surface area is 108 Å². The minimum Gasteiger partial charge on any atom is -0.367 e. The highest BCUT2D eigenvalue weighted by Gasteiger charge is 2.18. The Morgan fingerprint density at radius 2 is 2.17 bits per heavy atom. The first-order valence-electron chi connectivity index (χ1n) is 5.26. The molecule has 5 nitrogen and oxygen atoms in total. The van der Waals surface area contributed by atoms with Gasteiger partial charge in [0, 0.05) is 16.8 Å². The second-order valence-corrected chi connectivity index (χ2v) is 4.20. The van der Waals surface area contributed by atoms with Gasteiger partial charge in [0.05, 0.1) is 11.8 Å². The van der Waals surface area contributed by atoms with E-state index in [0.717, 1.165) is 16.7 Å². The molecule has 18 heavy (non-hydrogen) atoms. The smallest absolute Gasteiger partial charge is 0.230 e. The number of hydrogen-bond acceptors (Lipinski definition) is 4. The number of nitrogens with one attached hydrogen (secondary N) is 1. The predicted molar refractivity (Wildman–Crippen MR) is 68.9 cm³/mol. The number of halogens is 1. The average molecular weight is 261 g/mol. The SMILES string of the molecule is Nc1onc(-c2cn[nH]c2)c1-c1cccc(Cl)c1. The van der Waals surface area contributed by atoms with Gasteiger partial charge < -0.3 is 10.3 Å². The van der Waals surface area contributed by atoms with Crippen LogP contribution in [0, 0.1) is 0 Å². The van der Waals surface area contributed by atoms with E-state index in [9.17, 15) is 0 Å². The van der Waals surface area contributed by atoms with E-state index in [1.54, 1.807) is 18.5 Å². The molecule has 0 unspecified atom stereocenters. The first-order valence-corrected chi connectivity index (χ1v) is 5.64. The third-order valence-corrected chi connectivity index (χ3v) is 2.84. The number of anilines is 1. The number of H-pyrrole nitrogens is 1. The van der Waals surface area contributed by atoms with Gasteiger partial charge in [0.15, 0.2) is 0 Å². The van der Waals surface area contributed by atoms with E-state index < -0.39 is 0 Å². The van der Waals surface area contributed by atoms with Gasteiger partial charge in [0.25, 0.3) is 0 Å². The number of benzene rings is 1. The quantitative estimate of drug-likeness (QED) is 0.742. The van der Waals surface area contributed by atoms with Crippen LogP contribution in [0.15, 0.2) is 41.2 Å². The molecule has 0 aliphatic rings. The Morgan fingerprint density at radius 1 is 1.28 bits per heavy atom. The van der Waals surface area contributed by atoms with Gasteiger partial charge >= 0.3 is 0 Å². The Hall–Kier alpha value is -2.27. The monoisotopic (exact) mass is 260 g/mol. The summed E-state index contributed by atoms with van der Waals surface area (Å²) in [5.74, 6) is 0.258. The number of rotatable bonds is 2. The maximum atomic E-state index is 5.98. The van der Waals surface area contributed by atoms with Gasteiger partial charge in [-0.2, -0.15) is 5.10 Å². The van der Waals surface area contributed by atoms with Gasteiger partial charge in [0.2, 0.25) is 5.88 Å². The Balaban J connectivity index is 2.20. The van der Waals surface area contributed by atoms with Crippen LogP contribution in [0.4, 0.5) is 5.88 Å². The van der Waals surface area contributed by atoms with Crippen LogP contribution in [-0.2, 0) is 0 Å². The van der Waals surface area contributed by atoms with E-state index in [-0.39, 0.29) is 5.88 Å². The summed E-state index contributed by atoms with van der Waals surface area (Å²) < 4.78 is 5.06. The van der Waals surface area contributed by atoms with E-state index in [1.165, 1.54) is 0 Å². The third kappa shape index (κ3) is 1.74. The van der Waals surface area contributed by atoms with Crippen LogP contribution in [0.5, 0.6) is 0 Å². The van der Waals surface area contributed by atoms with Crippen LogP contribution in [0.2, 0.25) is 5.02 Å². The molecule has 2 heterocycles. The van der Waals surface area contributed by atoms with E-state index in [2.05, 4.69) is 15.4 Å². The van der Waals surface area contributed by atoms with Crippen molar-refractivity contribution in [3.63, 3.8) is 0 Å². The first-order chi connectivity index (χ1) is 8.75. The summed E-state index contributed by atoms with van der Waals surface area (Å²) >= 11 is 5.98. The molecule has 0 atom stereocenters. The minimum atomic E-state index is 0.258. The summed E-state index contributed by atoms with van der Waals surface area (Å²) in [6.45, 7) is 0. The zero-order valence-corrected chi connectivity index (χ0v) is 9.98. The van der Waals surface area contributed by atoms with Gasteiger partial charge in [-0.3, -0.25) is 5.10 Å². The van der Waals surface area contributed by atoms with Crippen LogP contribution in [0.25, 0.3) is 22.4 Å².